The Morgan fingerprint density at radius 2 is 2.25 bits per heavy atom. The summed E-state index contributed by atoms with van der Waals surface area (Å²) >= 11 is 1.42. The van der Waals surface area contributed by atoms with E-state index in [2.05, 4.69) is 0 Å². The second-order valence-electron chi connectivity index (χ2n) is 2.51. The third-order valence-corrected chi connectivity index (χ3v) is 2.42. The van der Waals surface area contributed by atoms with E-state index in [1.807, 2.05) is 12.3 Å². The lowest BCUT2D eigenvalue weighted by atomic mass is 9.97. The zero-order valence-corrected chi connectivity index (χ0v) is 7.83. The third-order valence-electron chi connectivity index (χ3n) is 1.65. The summed E-state index contributed by atoms with van der Waals surface area (Å²) in [7, 11) is 5.35. The Labute approximate surface area is 78.0 Å². The molecule has 0 amide bonds. The lowest BCUT2D eigenvalue weighted by molar-refractivity contribution is 0.600. The lowest BCUT2D eigenvalue weighted by Gasteiger charge is -2.02. The Balaban J connectivity index is 2.86. The van der Waals surface area contributed by atoms with E-state index in [0.29, 0.717) is 11.2 Å². The van der Waals surface area contributed by atoms with Gasteiger partial charge in [0.15, 0.2) is 0 Å². The first-order valence-electron chi connectivity index (χ1n) is 3.80. The average molecular weight is 180 g/mol. The quantitative estimate of drug-likeness (QED) is 0.509. The summed E-state index contributed by atoms with van der Waals surface area (Å²) in [5.74, 6) is -0.145. The van der Waals surface area contributed by atoms with Crippen LogP contribution in [0.4, 0.5) is 4.39 Å². The molecule has 0 aromatic heterocycles. The standard InChI is InChI=1S/C9H10BFS/c1-12-9-3-2-7(4-5-10)6-8(9)11/h2-3,6H,4-5H2,1H3. The number of thioether (sulfide) groups is 1. The molecule has 1 aromatic carbocycles. The number of rotatable bonds is 3. The van der Waals surface area contributed by atoms with Crippen LogP contribution < -0.4 is 0 Å². The zero-order chi connectivity index (χ0) is 8.97. The van der Waals surface area contributed by atoms with E-state index < -0.39 is 0 Å². The van der Waals surface area contributed by atoms with E-state index in [1.54, 1.807) is 12.1 Å². The second kappa shape index (κ2) is 4.56. The maximum Gasteiger partial charge on any atom is 0.137 e. The summed E-state index contributed by atoms with van der Waals surface area (Å²) in [6.07, 6.45) is 3.17. The molecule has 0 nitrogen and oxygen atoms in total. The van der Waals surface area contributed by atoms with Crippen molar-refractivity contribution in [3.63, 3.8) is 0 Å². The van der Waals surface area contributed by atoms with Crippen molar-refractivity contribution in [2.24, 2.45) is 0 Å². The van der Waals surface area contributed by atoms with Crippen molar-refractivity contribution < 1.29 is 4.39 Å². The Morgan fingerprint density at radius 1 is 1.50 bits per heavy atom. The molecule has 0 aliphatic heterocycles. The summed E-state index contributed by atoms with van der Waals surface area (Å²) in [5.41, 5.74) is 0.966. The predicted octanol–water partition coefficient (Wildman–Crippen LogP) is 2.68. The molecule has 62 valence electrons. The zero-order valence-electron chi connectivity index (χ0n) is 7.01. The molecule has 0 saturated heterocycles. The van der Waals surface area contributed by atoms with E-state index in [0.717, 1.165) is 12.0 Å². The molecule has 0 bridgehead atoms. The number of aryl methyl sites for hydroxylation is 1. The second-order valence-corrected chi connectivity index (χ2v) is 3.36. The first kappa shape index (κ1) is 9.65. The molecule has 0 atom stereocenters. The van der Waals surface area contributed by atoms with Crippen molar-refractivity contribution in [1.82, 2.24) is 0 Å². The van der Waals surface area contributed by atoms with Gasteiger partial charge in [0.25, 0.3) is 0 Å². The van der Waals surface area contributed by atoms with E-state index in [9.17, 15) is 4.39 Å². The molecule has 12 heavy (non-hydrogen) atoms. The minimum atomic E-state index is -0.145. The molecular weight excluding hydrogens is 170 g/mol. The smallest absolute Gasteiger partial charge is 0.137 e. The minimum Gasteiger partial charge on any atom is -0.206 e. The molecule has 1 rings (SSSR count). The van der Waals surface area contributed by atoms with Gasteiger partial charge < -0.3 is 0 Å². The van der Waals surface area contributed by atoms with Crippen LogP contribution >= 0.6 is 11.8 Å². The van der Waals surface area contributed by atoms with Crippen LogP contribution in [-0.4, -0.2) is 14.1 Å². The van der Waals surface area contributed by atoms with Gasteiger partial charge in [-0.3, -0.25) is 0 Å². The van der Waals surface area contributed by atoms with Gasteiger partial charge in [0.05, 0.1) is 7.85 Å². The predicted molar refractivity (Wildman–Crippen MR) is 52.4 cm³/mol. The Bertz CT molecular complexity index is 263. The highest BCUT2D eigenvalue weighted by Crippen LogP contribution is 2.20. The Morgan fingerprint density at radius 3 is 2.75 bits per heavy atom. The molecule has 0 saturated carbocycles. The van der Waals surface area contributed by atoms with Crippen molar-refractivity contribution in [1.29, 1.82) is 0 Å². The first-order valence-corrected chi connectivity index (χ1v) is 5.03. The lowest BCUT2D eigenvalue weighted by Crippen LogP contribution is -1.87. The van der Waals surface area contributed by atoms with Gasteiger partial charge in [0.1, 0.15) is 5.82 Å². The van der Waals surface area contributed by atoms with Crippen LogP contribution in [-0.2, 0) is 6.42 Å². The average Bonchev–Trinajstić information content (AvgIpc) is 2.05. The van der Waals surface area contributed by atoms with Crippen LogP contribution in [0.3, 0.4) is 0 Å². The number of benzene rings is 1. The molecule has 0 spiro atoms. The molecule has 2 radical (unpaired) electrons. The summed E-state index contributed by atoms with van der Waals surface area (Å²) in [6.45, 7) is 0. The highest BCUT2D eigenvalue weighted by molar-refractivity contribution is 7.98. The number of hydrogen-bond donors (Lipinski definition) is 0. The third kappa shape index (κ3) is 2.27. The van der Waals surface area contributed by atoms with Crippen LogP contribution in [0.1, 0.15) is 5.56 Å². The SMILES string of the molecule is [B]CCc1ccc(SC)c(F)c1. The molecule has 3 heteroatoms. The van der Waals surface area contributed by atoms with Gasteiger partial charge in [-0.05, 0) is 30.4 Å². The summed E-state index contributed by atoms with van der Waals surface area (Å²) < 4.78 is 13.1. The van der Waals surface area contributed by atoms with Gasteiger partial charge in [-0.1, -0.05) is 12.4 Å². The van der Waals surface area contributed by atoms with Gasteiger partial charge in [-0.2, -0.15) is 0 Å². The maximum atomic E-state index is 13.1. The highest BCUT2D eigenvalue weighted by atomic mass is 32.2. The molecule has 0 aliphatic carbocycles. The summed E-state index contributed by atoms with van der Waals surface area (Å²) in [5, 5.41) is 0. The van der Waals surface area contributed by atoms with Crippen molar-refractivity contribution in [2.75, 3.05) is 6.26 Å². The largest absolute Gasteiger partial charge is 0.206 e. The van der Waals surface area contributed by atoms with Gasteiger partial charge in [-0.15, -0.1) is 11.8 Å². The van der Waals surface area contributed by atoms with Crippen molar-refractivity contribution in [2.45, 2.75) is 17.6 Å². The fourth-order valence-electron chi connectivity index (χ4n) is 1.03. The molecule has 0 aliphatic rings. The van der Waals surface area contributed by atoms with Gasteiger partial charge in [-0.25, -0.2) is 4.39 Å². The summed E-state index contributed by atoms with van der Waals surface area (Å²) in [4.78, 5) is 0.691. The van der Waals surface area contributed by atoms with E-state index in [-0.39, 0.29) is 5.82 Å². The highest BCUT2D eigenvalue weighted by Gasteiger charge is 2.00. The normalized spacial score (nSPS) is 10.2. The van der Waals surface area contributed by atoms with E-state index in [4.69, 9.17) is 7.85 Å². The topological polar surface area (TPSA) is 0 Å². The van der Waals surface area contributed by atoms with Crippen LogP contribution in [0.2, 0.25) is 6.32 Å². The van der Waals surface area contributed by atoms with Crippen LogP contribution in [0.25, 0.3) is 0 Å². The number of hydrogen-bond acceptors (Lipinski definition) is 1. The molecule has 0 unspecified atom stereocenters. The molecule has 0 heterocycles. The molecular formula is C9H10BFS. The van der Waals surface area contributed by atoms with Crippen LogP contribution in [0, 0.1) is 5.82 Å². The Hall–Kier alpha value is -0.435. The fraction of sp³-hybridized carbons (Fsp3) is 0.333. The van der Waals surface area contributed by atoms with Crippen molar-refractivity contribution >= 4 is 19.6 Å². The number of halogens is 1. The monoisotopic (exact) mass is 180 g/mol. The van der Waals surface area contributed by atoms with Gasteiger partial charge >= 0.3 is 0 Å². The van der Waals surface area contributed by atoms with Crippen LogP contribution in [0.15, 0.2) is 23.1 Å². The molecule has 0 N–H and O–H groups in total. The Kier molecular flexibility index (Phi) is 3.66. The first-order chi connectivity index (χ1) is 5.77. The van der Waals surface area contributed by atoms with Crippen molar-refractivity contribution in [3.8, 4) is 0 Å². The molecule has 1 aromatic rings. The fourth-order valence-corrected chi connectivity index (χ4v) is 1.49. The van der Waals surface area contributed by atoms with E-state index >= 15 is 0 Å². The van der Waals surface area contributed by atoms with Crippen LogP contribution in [0.5, 0.6) is 0 Å². The van der Waals surface area contributed by atoms with Crippen molar-refractivity contribution in [3.05, 3.63) is 29.6 Å². The minimum absolute atomic E-state index is 0.145. The van der Waals surface area contributed by atoms with Gasteiger partial charge in [0, 0.05) is 4.90 Å². The maximum absolute atomic E-state index is 13.1. The molecule has 0 fully saturated rings. The summed E-state index contributed by atoms with van der Waals surface area (Å²) in [6, 6.07) is 5.27. The van der Waals surface area contributed by atoms with Gasteiger partial charge in [0.2, 0.25) is 0 Å². The van der Waals surface area contributed by atoms with E-state index in [1.165, 1.54) is 11.8 Å².